The summed E-state index contributed by atoms with van der Waals surface area (Å²) in [7, 11) is 1.63. The topological polar surface area (TPSA) is 200 Å². The van der Waals surface area contributed by atoms with Crippen molar-refractivity contribution in [3.05, 3.63) is 0 Å². The molecule has 0 heterocycles. The fourth-order valence-corrected chi connectivity index (χ4v) is 2.75. The normalized spacial score (nSPS) is 10.5. The summed E-state index contributed by atoms with van der Waals surface area (Å²) in [6.07, 6.45) is 2.43. The number of nitrogens with two attached hydrogens (primary N) is 1. The molecule has 0 rings (SSSR count). The molecule has 0 radical (unpaired) electrons. The number of hydrogen-bond acceptors (Lipinski definition) is 10. The molecule has 0 unspecified atom stereocenters. The van der Waals surface area contributed by atoms with Crippen molar-refractivity contribution < 1.29 is 42.9 Å². The Morgan fingerprint density at radius 1 is 0.692 bits per heavy atom. The second-order valence-electron chi connectivity index (χ2n) is 8.24. The van der Waals surface area contributed by atoms with Crippen LogP contribution in [0.15, 0.2) is 0 Å². The minimum atomic E-state index is -0.284. The molecule has 6 N–H and O–H groups in total. The number of carbonyl (C=O) groups excluding carboxylic acids is 5. The summed E-state index contributed by atoms with van der Waals surface area (Å²) in [6, 6.07) is 0. The van der Waals surface area contributed by atoms with Crippen LogP contribution in [0.25, 0.3) is 0 Å². The molecular weight excluding hydrogens is 516 g/mol. The molecular formula is C24H46N6O9. The quantitative estimate of drug-likeness (QED) is 0.0512. The smallest absolute Gasteiger partial charge is 0.241 e. The highest BCUT2D eigenvalue weighted by atomic mass is 16.5. The molecule has 0 aliphatic rings. The molecule has 0 aromatic carbocycles. The molecule has 0 aliphatic carbocycles. The summed E-state index contributed by atoms with van der Waals surface area (Å²) < 4.78 is 21.3. The van der Waals surface area contributed by atoms with Crippen LogP contribution < -0.4 is 27.0 Å². The van der Waals surface area contributed by atoms with Crippen molar-refractivity contribution in [2.24, 2.45) is 5.73 Å². The highest BCUT2D eigenvalue weighted by Gasteiger charge is 2.10. The van der Waals surface area contributed by atoms with Gasteiger partial charge in [0.15, 0.2) is 0 Å². The standard InChI is InChI=1S/C24H46N6O9/c1-30(24(35)19-29-22(33)4-10-36-12-6-25)9-13-38-15-17-39-16-14-37-11-5-21(32)28-18-23(34)27-8-3-2-7-26-20-31/h20H,2-19,25H2,1H3,(H,26,31)(H,27,34)(H,28,32)(H,29,33). The molecule has 0 spiro atoms. The third kappa shape index (κ3) is 25.2. The lowest BCUT2D eigenvalue weighted by molar-refractivity contribution is -0.132. The van der Waals surface area contributed by atoms with Crippen molar-refractivity contribution in [1.82, 2.24) is 26.2 Å². The zero-order valence-corrected chi connectivity index (χ0v) is 23.0. The number of carbonyl (C=O) groups is 5. The summed E-state index contributed by atoms with van der Waals surface area (Å²) in [5, 5.41) is 10.3. The number of rotatable bonds is 27. The van der Waals surface area contributed by atoms with Crippen LogP contribution in [0.1, 0.15) is 25.7 Å². The molecule has 0 atom stereocenters. The van der Waals surface area contributed by atoms with Crippen LogP contribution >= 0.6 is 0 Å². The Labute approximate surface area is 230 Å². The van der Waals surface area contributed by atoms with Crippen molar-refractivity contribution in [2.45, 2.75) is 25.7 Å². The van der Waals surface area contributed by atoms with E-state index in [4.69, 9.17) is 24.7 Å². The van der Waals surface area contributed by atoms with Gasteiger partial charge in [0.25, 0.3) is 0 Å². The first kappa shape index (κ1) is 36.1. The monoisotopic (exact) mass is 562 g/mol. The van der Waals surface area contributed by atoms with Crippen molar-refractivity contribution in [2.75, 3.05) is 99.2 Å². The maximum atomic E-state index is 12.0. The third-order valence-corrected chi connectivity index (χ3v) is 4.99. The van der Waals surface area contributed by atoms with Gasteiger partial charge in [0.05, 0.1) is 65.9 Å². The van der Waals surface area contributed by atoms with Gasteiger partial charge < -0.3 is 50.8 Å². The Morgan fingerprint density at radius 3 is 1.85 bits per heavy atom. The van der Waals surface area contributed by atoms with Crippen LogP contribution in [0, 0.1) is 0 Å². The lowest BCUT2D eigenvalue weighted by Gasteiger charge is -2.17. The molecule has 0 fully saturated rings. The first-order valence-corrected chi connectivity index (χ1v) is 13.1. The summed E-state index contributed by atoms with van der Waals surface area (Å²) in [5.74, 6) is -1.04. The molecule has 0 bridgehead atoms. The molecule has 0 aromatic heterocycles. The second kappa shape index (κ2) is 26.7. The van der Waals surface area contributed by atoms with Crippen molar-refractivity contribution >= 4 is 30.0 Å². The van der Waals surface area contributed by atoms with Gasteiger partial charge in [0, 0.05) is 46.1 Å². The van der Waals surface area contributed by atoms with Crippen LogP contribution in [0.2, 0.25) is 0 Å². The van der Waals surface area contributed by atoms with Gasteiger partial charge >= 0.3 is 0 Å². The van der Waals surface area contributed by atoms with E-state index >= 15 is 0 Å². The predicted molar refractivity (Wildman–Crippen MR) is 142 cm³/mol. The number of ether oxygens (including phenoxy) is 4. The zero-order valence-electron chi connectivity index (χ0n) is 23.0. The summed E-state index contributed by atoms with van der Waals surface area (Å²) in [5.41, 5.74) is 5.29. The first-order valence-electron chi connectivity index (χ1n) is 13.1. The van der Waals surface area contributed by atoms with Gasteiger partial charge in [0.1, 0.15) is 0 Å². The molecule has 15 nitrogen and oxygen atoms in total. The highest BCUT2D eigenvalue weighted by molar-refractivity contribution is 5.85. The van der Waals surface area contributed by atoms with E-state index in [1.165, 1.54) is 4.90 Å². The molecule has 5 amide bonds. The van der Waals surface area contributed by atoms with E-state index in [2.05, 4.69) is 21.3 Å². The maximum Gasteiger partial charge on any atom is 0.241 e. The van der Waals surface area contributed by atoms with Crippen molar-refractivity contribution in [3.63, 3.8) is 0 Å². The van der Waals surface area contributed by atoms with Gasteiger partial charge in [-0.3, -0.25) is 24.0 Å². The molecule has 15 heteroatoms. The van der Waals surface area contributed by atoms with Gasteiger partial charge in [-0.1, -0.05) is 0 Å². The number of hydrogen-bond donors (Lipinski definition) is 5. The SMILES string of the molecule is CN(CCOCCOCCOCCC(=O)NCC(=O)NCCCCNC=O)C(=O)CNC(=O)CCOCCN. The minimum absolute atomic E-state index is 0.0877. The average molecular weight is 563 g/mol. The first-order chi connectivity index (χ1) is 18.9. The zero-order chi connectivity index (χ0) is 29.0. The van der Waals surface area contributed by atoms with Crippen molar-refractivity contribution in [3.8, 4) is 0 Å². The second-order valence-corrected chi connectivity index (χ2v) is 8.24. The molecule has 39 heavy (non-hydrogen) atoms. The van der Waals surface area contributed by atoms with Crippen LogP contribution in [0.4, 0.5) is 0 Å². The fourth-order valence-electron chi connectivity index (χ4n) is 2.75. The van der Waals surface area contributed by atoms with E-state index in [9.17, 15) is 24.0 Å². The summed E-state index contributed by atoms with van der Waals surface area (Å²) in [4.78, 5) is 58.6. The Hall–Kier alpha value is -2.85. The van der Waals surface area contributed by atoms with Gasteiger partial charge in [-0.25, -0.2) is 0 Å². The molecule has 226 valence electrons. The number of unbranched alkanes of at least 4 members (excludes halogenated alkanes) is 1. The van der Waals surface area contributed by atoms with Gasteiger partial charge in [-0.2, -0.15) is 0 Å². The molecule has 0 aliphatic heterocycles. The molecule has 0 saturated carbocycles. The van der Waals surface area contributed by atoms with E-state index in [0.29, 0.717) is 72.2 Å². The molecule has 0 saturated heterocycles. The van der Waals surface area contributed by atoms with E-state index in [0.717, 1.165) is 12.8 Å². The number of likely N-dealkylation sites (N-methyl/N-ethyl adjacent to an activating group) is 1. The lowest BCUT2D eigenvalue weighted by Crippen LogP contribution is -2.39. The van der Waals surface area contributed by atoms with Gasteiger partial charge in [-0.05, 0) is 12.8 Å². The van der Waals surface area contributed by atoms with Gasteiger partial charge in [0.2, 0.25) is 30.0 Å². The number of nitrogens with zero attached hydrogens (tertiary/aromatic N) is 1. The maximum absolute atomic E-state index is 12.0. The Kier molecular flexibility index (Phi) is 24.8. The van der Waals surface area contributed by atoms with E-state index < -0.39 is 0 Å². The van der Waals surface area contributed by atoms with Crippen LogP contribution in [0.3, 0.4) is 0 Å². The summed E-state index contributed by atoms with van der Waals surface area (Å²) in [6.45, 7) is 4.18. The number of nitrogens with one attached hydrogen (secondary N) is 4. The Bertz CT molecular complexity index is 684. The van der Waals surface area contributed by atoms with E-state index in [1.54, 1.807) is 7.05 Å². The average Bonchev–Trinajstić information content (AvgIpc) is 2.93. The van der Waals surface area contributed by atoms with Crippen molar-refractivity contribution in [1.29, 1.82) is 0 Å². The molecule has 0 aromatic rings. The van der Waals surface area contributed by atoms with E-state index in [-0.39, 0.29) is 62.8 Å². The third-order valence-electron chi connectivity index (χ3n) is 4.99. The summed E-state index contributed by atoms with van der Waals surface area (Å²) >= 11 is 0. The lowest BCUT2D eigenvalue weighted by atomic mass is 10.3. The van der Waals surface area contributed by atoms with Crippen LogP contribution in [-0.2, 0) is 42.9 Å². The number of amides is 5. The largest absolute Gasteiger partial charge is 0.380 e. The minimum Gasteiger partial charge on any atom is -0.380 e. The van der Waals surface area contributed by atoms with Crippen LogP contribution in [-0.4, -0.2) is 134 Å². The Morgan fingerprint density at radius 2 is 1.23 bits per heavy atom. The predicted octanol–water partition coefficient (Wildman–Crippen LogP) is -2.88. The van der Waals surface area contributed by atoms with Crippen LogP contribution in [0.5, 0.6) is 0 Å². The van der Waals surface area contributed by atoms with E-state index in [1.807, 2.05) is 0 Å². The fraction of sp³-hybridized carbons (Fsp3) is 0.792. The highest BCUT2D eigenvalue weighted by Crippen LogP contribution is 1.89. The van der Waals surface area contributed by atoms with Gasteiger partial charge in [-0.15, -0.1) is 0 Å². The Balaban J connectivity index is 3.50.